The summed E-state index contributed by atoms with van der Waals surface area (Å²) in [5, 5.41) is 16.8. The second-order valence-electron chi connectivity index (χ2n) is 17.4. The first-order valence-corrected chi connectivity index (χ1v) is 31.0. The minimum atomic E-state index is -0.446. The second kappa shape index (κ2) is 31.3. The van der Waals surface area contributed by atoms with Crippen molar-refractivity contribution in [2.75, 3.05) is 0 Å². The van der Waals surface area contributed by atoms with Crippen LogP contribution in [0.5, 0.6) is 0 Å². The Balaban J connectivity index is 0.000000135. The van der Waals surface area contributed by atoms with Crippen molar-refractivity contribution in [3.8, 4) is 0 Å². The summed E-state index contributed by atoms with van der Waals surface area (Å²) in [6, 6.07) is 129. The third-order valence-corrected chi connectivity index (χ3v) is 21.9. The van der Waals surface area contributed by atoms with Gasteiger partial charge < -0.3 is 0 Å². The third kappa shape index (κ3) is 16.5. The first-order valence-electron chi connectivity index (χ1n) is 25.6. The summed E-state index contributed by atoms with van der Waals surface area (Å²) in [5.74, 6) is 0. The molecule has 5 heteroatoms. The Morgan fingerprint density at radius 1 is 0.104 bits per heavy atom. The SMILES string of the molecule is [Ru].c1ccc(P(c2ccccc2)c2ccccc2)cc1.c1ccc(P(c2ccccc2)c2ccccc2)cc1.c1ccc(P(c2ccccc2)c2ccccc2)cc1.c1ccc(P(c2ccccc2)c2ccccc2)cc1. The van der Waals surface area contributed by atoms with Crippen LogP contribution >= 0.6 is 31.7 Å². The molecule has 0 unspecified atom stereocenters. The molecule has 0 aromatic heterocycles. The maximum atomic E-state index is 2.23. The molecule has 0 saturated heterocycles. The van der Waals surface area contributed by atoms with Crippen LogP contribution in [-0.4, -0.2) is 0 Å². The number of hydrogen-bond donors (Lipinski definition) is 0. The molecular weight excluding hydrogens is 1090 g/mol. The van der Waals surface area contributed by atoms with E-state index in [1.165, 1.54) is 63.7 Å². The molecule has 0 aliphatic carbocycles. The van der Waals surface area contributed by atoms with Gasteiger partial charge in [-0.3, -0.25) is 0 Å². The Hall–Kier alpha value is -7.02. The summed E-state index contributed by atoms with van der Waals surface area (Å²) >= 11 is 0. The minimum Gasteiger partial charge on any atom is -0.0622 e. The summed E-state index contributed by atoms with van der Waals surface area (Å²) in [4.78, 5) is 0. The standard InChI is InChI=1S/4C18H15P.Ru/c4*1-4-10-16(11-5-1)19(17-12-6-2-7-13-17)18-14-8-3-9-15-18;/h4*1-15H;. The fourth-order valence-electron chi connectivity index (χ4n) is 8.71. The maximum Gasteiger partial charge on any atom is 0 e. The van der Waals surface area contributed by atoms with E-state index in [1.807, 2.05) is 0 Å². The van der Waals surface area contributed by atoms with Gasteiger partial charge in [-0.2, -0.15) is 0 Å². The van der Waals surface area contributed by atoms with Crippen LogP contribution in [0.1, 0.15) is 0 Å². The van der Waals surface area contributed by atoms with E-state index in [4.69, 9.17) is 0 Å². The molecule has 12 rings (SSSR count). The number of benzene rings is 12. The largest absolute Gasteiger partial charge is 0.0622 e. The molecule has 0 spiro atoms. The van der Waals surface area contributed by atoms with E-state index in [0.29, 0.717) is 0 Å². The predicted molar refractivity (Wildman–Crippen MR) is 341 cm³/mol. The van der Waals surface area contributed by atoms with E-state index >= 15 is 0 Å². The van der Waals surface area contributed by atoms with Crippen molar-refractivity contribution in [3.63, 3.8) is 0 Å². The van der Waals surface area contributed by atoms with Crippen LogP contribution in [0.15, 0.2) is 364 Å². The Morgan fingerprint density at radius 2 is 0.169 bits per heavy atom. The van der Waals surface area contributed by atoms with Gasteiger partial charge in [0.2, 0.25) is 0 Å². The van der Waals surface area contributed by atoms with Crippen molar-refractivity contribution in [1.82, 2.24) is 0 Å². The zero-order valence-electron chi connectivity index (χ0n) is 42.8. The molecule has 0 bridgehead atoms. The van der Waals surface area contributed by atoms with Gasteiger partial charge in [0, 0.05) is 19.5 Å². The van der Waals surface area contributed by atoms with E-state index in [0.717, 1.165) is 0 Å². The summed E-state index contributed by atoms with van der Waals surface area (Å²) in [7, 11) is -1.78. The first-order chi connectivity index (χ1) is 37.8. The molecule has 376 valence electrons. The second-order valence-corrected chi connectivity index (χ2v) is 26.2. The molecule has 0 amide bonds. The molecule has 12 aromatic carbocycles. The summed E-state index contributed by atoms with van der Waals surface area (Å²) < 4.78 is 0. The van der Waals surface area contributed by atoms with Gasteiger partial charge in [0.25, 0.3) is 0 Å². The minimum absolute atomic E-state index is 0. The van der Waals surface area contributed by atoms with Gasteiger partial charge >= 0.3 is 0 Å². The average Bonchev–Trinajstić information content (AvgIpc) is 3.51. The van der Waals surface area contributed by atoms with Crippen LogP contribution in [0, 0.1) is 0 Å². The van der Waals surface area contributed by atoms with Gasteiger partial charge in [0.1, 0.15) is 0 Å². The fourth-order valence-corrected chi connectivity index (χ4v) is 17.9. The van der Waals surface area contributed by atoms with E-state index in [-0.39, 0.29) is 19.5 Å². The molecule has 12 aromatic rings. The van der Waals surface area contributed by atoms with Gasteiger partial charge in [-0.05, 0) is 95.3 Å². The quantitative estimate of drug-likeness (QED) is 0.0845. The molecule has 0 atom stereocenters. The molecule has 0 saturated carbocycles. The summed E-state index contributed by atoms with van der Waals surface area (Å²) in [6.45, 7) is 0. The Morgan fingerprint density at radius 3 is 0.234 bits per heavy atom. The fraction of sp³-hybridized carbons (Fsp3) is 0. The molecule has 77 heavy (non-hydrogen) atoms. The van der Waals surface area contributed by atoms with Crippen molar-refractivity contribution in [3.05, 3.63) is 364 Å². The molecule has 0 heterocycles. The van der Waals surface area contributed by atoms with Crippen LogP contribution < -0.4 is 63.7 Å². The number of hydrogen-bond acceptors (Lipinski definition) is 0. The van der Waals surface area contributed by atoms with Gasteiger partial charge in [-0.15, -0.1) is 0 Å². The van der Waals surface area contributed by atoms with Crippen LogP contribution in [0.4, 0.5) is 0 Å². The first kappa shape index (κ1) is 56.2. The average molecular weight is 1150 g/mol. The zero-order chi connectivity index (χ0) is 51.7. The maximum absolute atomic E-state index is 2.23. The van der Waals surface area contributed by atoms with Crippen LogP contribution in [0.2, 0.25) is 0 Å². The van der Waals surface area contributed by atoms with Gasteiger partial charge in [-0.1, -0.05) is 364 Å². The van der Waals surface area contributed by atoms with Crippen molar-refractivity contribution in [2.24, 2.45) is 0 Å². The molecule has 0 nitrogen and oxygen atoms in total. The molecule has 0 radical (unpaired) electrons. The normalized spacial score (nSPS) is 10.4. The van der Waals surface area contributed by atoms with E-state index in [1.54, 1.807) is 0 Å². The molecule has 0 N–H and O–H groups in total. The molecule has 0 aliphatic rings. The Labute approximate surface area is 475 Å². The van der Waals surface area contributed by atoms with Crippen molar-refractivity contribution < 1.29 is 19.5 Å². The van der Waals surface area contributed by atoms with Crippen molar-refractivity contribution >= 4 is 95.3 Å². The smallest absolute Gasteiger partial charge is 0 e. The van der Waals surface area contributed by atoms with Crippen LogP contribution in [0.25, 0.3) is 0 Å². The topological polar surface area (TPSA) is 0 Å². The van der Waals surface area contributed by atoms with E-state index in [2.05, 4.69) is 364 Å². The van der Waals surface area contributed by atoms with Crippen LogP contribution in [-0.2, 0) is 19.5 Å². The van der Waals surface area contributed by atoms with Gasteiger partial charge in [-0.25, -0.2) is 0 Å². The zero-order valence-corrected chi connectivity index (χ0v) is 48.1. The number of rotatable bonds is 12. The monoisotopic (exact) mass is 1150 g/mol. The predicted octanol–water partition coefficient (Wildman–Crippen LogP) is 13.8. The molecule has 0 fully saturated rings. The van der Waals surface area contributed by atoms with Crippen molar-refractivity contribution in [2.45, 2.75) is 0 Å². The van der Waals surface area contributed by atoms with Gasteiger partial charge in [0.05, 0.1) is 0 Å². The Kier molecular flexibility index (Phi) is 22.8. The summed E-state index contributed by atoms with van der Waals surface area (Å²) in [5.41, 5.74) is 0. The van der Waals surface area contributed by atoms with Crippen LogP contribution in [0.3, 0.4) is 0 Å². The summed E-state index contributed by atoms with van der Waals surface area (Å²) in [6.07, 6.45) is 0. The molecular formula is C72H60P4Ru. The van der Waals surface area contributed by atoms with Crippen molar-refractivity contribution in [1.29, 1.82) is 0 Å². The van der Waals surface area contributed by atoms with Gasteiger partial charge in [0.15, 0.2) is 0 Å². The van der Waals surface area contributed by atoms with E-state index < -0.39 is 31.7 Å². The Bertz CT molecular complexity index is 2580. The molecule has 0 aliphatic heterocycles. The van der Waals surface area contributed by atoms with E-state index in [9.17, 15) is 0 Å². The third-order valence-electron chi connectivity index (χ3n) is 12.2.